The lowest BCUT2D eigenvalue weighted by Crippen LogP contribution is -2.09. The van der Waals surface area contributed by atoms with Crippen molar-refractivity contribution in [1.82, 2.24) is 0 Å². The van der Waals surface area contributed by atoms with Gasteiger partial charge in [0.25, 0.3) is 0 Å². The molecule has 1 rings (SSSR count). The van der Waals surface area contributed by atoms with Gasteiger partial charge >= 0.3 is 11.9 Å². The molecule has 5 heteroatoms. The SMILES string of the molecule is CCOC(=O)c1ccc(CCC(=O)OC)cc1CO. The van der Waals surface area contributed by atoms with Gasteiger partial charge in [0.15, 0.2) is 0 Å². The van der Waals surface area contributed by atoms with Gasteiger partial charge in [0, 0.05) is 6.42 Å². The molecule has 1 aromatic carbocycles. The van der Waals surface area contributed by atoms with Crippen molar-refractivity contribution in [3.05, 3.63) is 34.9 Å². The molecular weight excluding hydrogens is 248 g/mol. The van der Waals surface area contributed by atoms with E-state index in [4.69, 9.17) is 4.74 Å². The predicted octanol–water partition coefficient (Wildman–Crippen LogP) is 1.46. The van der Waals surface area contributed by atoms with Gasteiger partial charge in [-0.3, -0.25) is 4.79 Å². The third kappa shape index (κ3) is 4.37. The largest absolute Gasteiger partial charge is 0.469 e. The average molecular weight is 266 g/mol. The molecule has 0 unspecified atom stereocenters. The van der Waals surface area contributed by atoms with Crippen LogP contribution in [0.2, 0.25) is 0 Å². The Bertz CT molecular complexity index is 453. The molecule has 19 heavy (non-hydrogen) atoms. The number of hydrogen-bond donors (Lipinski definition) is 1. The maximum absolute atomic E-state index is 11.6. The molecule has 0 heterocycles. The highest BCUT2D eigenvalue weighted by Gasteiger charge is 2.13. The van der Waals surface area contributed by atoms with Crippen molar-refractivity contribution >= 4 is 11.9 Å². The molecule has 0 fully saturated rings. The molecule has 1 N–H and O–H groups in total. The summed E-state index contributed by atoms with van der Waals surface area (Å²) in [5.41, 5.74) is 1.72. The number of rotatable bonds is 6. The average Bonchev–Trinajstić information content (AvgIpc) is 2.44. The minimum Gasteiger partial charge on any atom is -0.469 e. The van der Waals surface area contributed by atoms with E-state index in [1.54, 1.807) is 25.1 Å². The summed E-state index contributed by atoms with van der Waals surface area (Å²) in [6.45, 7) is 1.76. The summed E-state index contributed by atoms with van der Waals surface area (Å²) in [6.07, 6.45) is 0.767. The van der Waals surface area contributed by atoms with Crippen LogP contribution in [-0.2, 0) is 27.3 Å². The van der Waals surface area contributed by atoms with E-state index < -0.39 is 5.97 Å². The highest BCUT2D eigenvalue weighted by molar-refractivity contribution is 5.91. The van der Waals surface area contributed by atoms with Crippen LogP contribution in [0, 0.1) is 0 Å². The van der Waals surface area contributed by atoms with E-state index in [0.29, 0.717) is 17.5 Å². The lowest BCUT2D eigenvalue weighted by Gasteiger charge is -2.09. The maximum atomic E-state index is 11.6. The normalized spacial score (nSPS) is 10.1. The smallest absolute Gasteiger partial charge is 0.338 e. The summed E-state index contributed by atoms with van der Waals surface area (Å²) >= 11 is 0. The third-order valence-corrected chi connectivity index (χ3v) is 2.68. The number of aryl methyl sites for hydroxylation is 1. The van der Waals surface area contributed by atoms with Crippen LogP contribution in [0.4, 0.5) is 0 Å². The summed E-state index contributed by atoms with van der Waals surface area (Å²) < 4.78 is 9.46. The van der Waals surface area contributed by atoms with Crippen molar-refractivity contribution in [1.29, 1.82) is 0 Å². The molecule has 0 aliphatic rings. The first-order chi connectivity index (χ1) is 9.12. The Kier molecular flexibility index (Phi) is 6.02. The molecule has 0 saturated heterocycles. The molecule has 0 aliphatic carbocycles. The quantitative estimate of drug-likeness (QED) is 0.789. The molecule has 0 bridgehead atoms. The summed E-state index contributed by atoms with van der Waals surface area (Å²) in [4.78, 5) is 22.7. The molecule has 0 amide bonds. The summed E-state index contributed by atoms with van der Waals surface area (Å²) in [5, 5.41) is 9.28. The number of aliphatic hydroxyl groups excluding tert-OH is 1. The number of esters is 2. The number of methoxy groups -OCH3 is 1. The van der Waals surface area contributed by atoms with Gasteiger partial charge in [0.1, 0.15) is 0 Å². The van der Waals surface area contributed by atoms with Gasteiger partial charge in [-0.1, -0.05) is 12.1 Å². The zero-order valence-corrected chi connectivity index (χ0v) is 11.1. The van der Waals surface area contributed by atoms with Gasteiger partial charge in [0.05, 0.1) is 25.9 Å². The topological polar surface area (TPSA) is 72.8 Å². The van der Waals surface area contributed by atoms with Crippen LogP contribution in [0.3, 0.4) is 0 Å². The highest BCUT2D eigenvalue weighted by atomic mass is 16.5. The summed E-state index contributed by atoms with van der Waals surface area (Å²) in [5.74, 6) is -0.744. The molecule has 0 spiro atoms. The van der Waals surface area contributed by atoms with E-state index in [1.165, 1.54) is 7.11 Å². The monoisotopic (exact) mass is 266 g/mol. The van der Waals surface area contributed by atoms with Gasteiger partial charge in [-0.15, -0.1) is 0 Å². The molecule has 0 radical (unpaired) electrons. The number of aliphatic hydroxyl groups is 1. The number of benzene rings is 1. The summed E-state index contributed by atoms with van der Waals surface area (Å²) in [7, 11) is 1.34. The lowest BCUT2D eigenvalue weighted by atomic mass is 10.0. The van der Waals surface area contributed by atoms with Crippen molar-refractivity contribution < 1.29 is 24.2 Å². The second-order valence-corrected chi connectivity index (χ2v) is 3.95. The minimum atomic E-state index is -0.453. The Balaban J connectivity index is 2.83. The first kappa shape index (κ1) is 15.2. The highest BCUT2D eigenvalue weighted by Crippen LogP contribution is 2.15. The molecule has 0 atom stereocenters. The number of carbonyl (C=O) groups excluding carboxylic acids is 2. The van der Waals surface area contributed by atoms with E-state index in [2.05, 4.69) is 4.74 Å². The maximum Gasteiger partial charge on any atom is 0.338 e. The summed E-state index contributed by atoms with van der Waals surface area (Å²) in [6, 6.07) is 5.06. The van der Waals surface area contributed by atoms with Crippen LogP contribution in [0.1, 0.15) is 34.8 Å². The molecular formula is C14H18O5. The van der Waals surface area contributed by atoms with Crippen LogP contribution >= 0.6 is 0 Å². The van der Waals surface area contributed by atoms with Crippen molar-refractivity contribution in [2.45, 2.75) is 26.4 Å². The van der Waals surface area contributed by atoms with Crippen molar-refractivity contribution in [2.75, 3.05) is 13.7 Å². The van der Waals surface area contributed by atoms with E-state index in [-0.39, 0.29) is 25.6 Å². The Hall–Kier alpha value is -1.88. The third-order valence-electron chi connectivity index (χ3n) is 2.68. The standard InChI is InChI=1S/C14H18O5/c1-3-19-14(17)12-6-4-10(8-11(12)9-15)5-7-13(16)18-2/h4,6,8,15H,3,5,7,9H2,1-2H3. The van der Waals surface area contributed by atoms with Crippen LogP contribution in [0.15, 0.2) is 18.2 Å². The van der Waals surface area contributed by atoms with Crippen LogP contribution in [0.5, 0.6) is 0 Å². The Labute approximate surface area is 112 Å². The first-order valence-corrected chi connectivity index (χ1v) is 6.09. The molecule has 0 aliphatic heterocycles. The van der Waals surface area contributed by atoms with Crippen molar-refractivity contribution in [3.63, 3.8) is 0 Å². The van der Waals surface area contributed by atoms with E-state index >= 15 is 0 Å². The van der Waals surface area contributed by atoms with Crippen molar-refractivity contribution in [2.24, 2.45) is 0 Å². The van der Waals surface area contributed by atoms with Crippen LogP contribution < -0.4 is 0 Å². The van der Waals surface area contributed by atoms with E-state index in [1.807, 2.05) is 0 Å². The fraction of sp³-hybridized carbons (Fsp3) is 0.429. The Morgan fingerprint density at radius 1 is 1.32 bits per heavy atom. The minimum absolute atomic E-state index is 0.250. The van der Waals surface area contributed by atoms with Crippen molar-refractivity contribution in [3.8, 4) is 0 Å². The fourth-order valence-electron chi connectivity index (χ4n) is 1.69. The van der Waals surface area contributed by atoms with E-state index in [9.17, 15) is 14.7 Å². The molecule has 0 aromatic heterocycles. The Morgan fingerprint density at radius 2 is 2.05 bits per heavy atom. The number of carbonyl (C=O) groups is 2. The molecule has 0 saturated carbocycles. The number of hydrogen-bond acceptors (Lipinski definition) is 5. The van der Waals surface area contributed by atoms with Gasteiger partial charge < -0.3 is 14.6 Å². The second kappa shape index (κ2) is 7.53. The Morgan fingerprint density at radius 3 is 2.63 bits per heavy atom. The fourth-order valence-corrected chi connectivity index (χ4v) is 1.69. The zero-order chi connectivity index (χ0) is 14.3. The lowest BCUT2D eigenvalue weighted by molar-refractivity contribution is -0.140. The molecule has 5 nitrogen and oxygen atoms in total. The van der Waals surface area contributed by atoms with Gasteiger partial charge in [-0.05, 0) is 30.5 Å². The van der Waals surface area contributed by atoms with Crippen LogP contribution in [0.25, 0.3) is 0 Å². The van der Waals surface area contributed by atoms with Gasteiger partial charge in [-0.2, -0.15) is 0 Å². The second-order valence-electron chi connectivity index (χ2n) is 3.95. The van der Waals surface area contributed by atoms with Crippen LogP contribution in [-0.4, -0.2) is 30.8 Å². The zero-order valence-electron chi connectivity index (χ0n) is 11.1. The molecule has 1 aromatic rings. The first-order valence-electron chi connectivity index (χ1n) is 6.09. The molecule has 104 valence electrons. The van der Waals surface area contributed by atoms with E-state index in [0.717, 1.165) is 5.56 Å². The predicted molar refractivity (Wildman–Crippen MR) is 68.7 cm³/mol. The van der Waals surface area contributed by atoms with Gasteiger partial charge in [-0.25, -0.2) is 4.79 Å². The number of ether oxygens (including phenoxy) is 2. The van der Waals surface area contributed by atoms with Gasteiger partial charge in [0.2, 0.25) is 0 Å².